The molecular formula is C18H17N5O6S. The minimum atomic E-state index is -4.18. The van der Waals surface area contributed by atoms with Crippen molar-refractivity contribution in [3.05, 3.63) is 59.4 Å². The van der Waals surface area contributed by atoms with Crippen molar-refractivity contribution >= 4 is 27.6 Å². The number of rotatable bonds is 6. The molecule has 0 radical (unpaired) electrons. The Labute approximate surface area is 171 Å². The van der Waals surface area contributed by atoms with Gasteiger partial charge in [-0.1, -0.05) is 6.07 Å². The van der Waals surface area contributed by atoms with Crippen LogP contribution in [0.4, 0.5) is 5.69 Å². The second-order valence-electron chi connectivity index (χ2n) is 6.04. The van der Waals surface area contributed by atoms with Crippen LogP contribution in [0.3, 0.4) is 0 Å². The van der Waals surface area contributed by atoms with Crippen molar-refractivity contribution in [2.24, 2.45) is 0 Å². The number of hydrogen-bond donors (Lipinski definition) is 1. The molecule has 1 aromatic heterocycles. The van der Waals surface area contributed by atoms with Gasteiger partial charge in [-0.3, -0.25) is 4.72 Å². The van der Waals surface area contributed by atoms with Gasteiger partial charge in [0.15, 0.2) is 0 Å². The standard InChI is InChI=1S/C18H17N5O6S/c1-11-15(5-4-6-16(11)23-10-19-21-22-23)20-30(26,27)14-8-12(17(24)28-2)7-13(9-14)18(25)29-3/h4-10,20H,1-3H3. The summed E-state index contributed by atoms with van der Waals surface area (Å²) in [7, 11) is -1.88. The van der Waals surface area contributed by atoms with Gasteiger partial charge < -0.3 is 9.47 Å². The van der Waals surface area contributed by atoms with E-state index in [9.17, 15) is 18.0 Å². The number of hydrogen-bond acceptors (Lipinski definition) is 9. The van der Waals surface area contributed by atoms with E-state index in [0.29, 0.717) is 11.3 Å². The van der Waals surface area contributed by atoms with Crippen LogP contribution >= 0.6 is 0 Å². The number of tetrazole rings is 1. The molecule has 11 nitrogen and oxygen atoms in total. The molecule has 12 heteroatoms. The molecule has 30 heavy (non-hydrogen) atoms. The van der Waals surface area contributed by atoms with Crippen molar-refractivity contribution in [2.75, 3.05) is 18.9 Å². The first-order chi connectivity index (χ1) is 14.3. The zero-order valence-electron chi connectivity index (χ0n) is 16.2. The third-order valence-corrected chi connectivity index (χ3v) is 5.55. The summed E-state index contributed by atoms with van der Waals surface area (Å²) in [6, 6.07) is 8.33. The lowest BCUT2D eigenvalue weighted by Gasteiger charge is -2.14. The van der Waals surface area contributed by atoms with Crippen molar-refractivity contribution in [2.45, 2.75) is 11.8 Å². The maximum absolute atomic E-state index is 13.0. The second-order valence-corrected chi connectivity index (χ2v) is 7.72. The summed E-state index contributed by atoms with van der Waals surface area (Å²) in [5, 5.41) is 10.9. The van der Waals surface area contributed by atoms with E-state index < -0.39 is 22.0 Å². The van der Waals surface area contributed by atoms with Gasteiger partial charge in [0, 0.05) is 0 Å². The highest BCUT2D eigenvalue weighted by molar-refractivity contribution is 7.92. The van der Waals surface area contributed by atoms with Crippen molar-refractivity contribution in [3.63, 3.8) is 0 Å². The maximum atomic E-state index is 13.0. The van der Waals surface area contributed by atoms with Gasteiger partial charge in [0.05, 0.1) is 41.6 Å². The molecule has 0 aliphatic rings. The van der Waals surface area contributed by atoms with Crippen LogP contribution < -0.4 is 4.72 Å². The smallest absolute Gasteiger partial charge is 0.337 e. The molecule has 0 fully saturated rings. The van der Waals surface area contributed by atoms with Crippen molar-refractivity contribution in [1.82, 2.24) is 20.2 Å². The van der Waals surface area contributed by atoms with Gasteiger partial charge in [0.2, 0.25) is 0 Å². The number of nitrogens with zero attached hydrogens (tertiary/aromatic N) is 4. The highest BCUT2D eigenvalue weighted by atomic mass is 32.2. The van der Waals surface area contributed by atoms with Crippen LogP contribution in [0.5, 0.6) is 0 Å². The number of sulfonamides is 1. The minimum absolute atomic E-state index is 0.111. The van der Waals surface area contributed by atoms with Crippen LogP contribution in [-0.2, 0) is 19.5 Å². The predicted octanol–water partition coefficient (Wildman–Crippen LogP) is 1.34. The Bertz CT molecular complexity index is 1170. The lowest BCUT2D eigenvalue weighted by atomic mass is 10.1. The van der Waals surface area contributed by atoms with E-state index >= 15 is 0 Å². The Hall–Kier alpha value is -3.80. The Morgan fingerprint density at radius 1 is 1.03 bits per heavy atom. The Kier molecular flexibility index (Phi) is 5.78. The number of methoxy groups -OCH3 is 2. The average molecular weight is 431 g/mol. The van der Waals surface area contributed by atoms with Gasteiger partial charge >= 0.3 is 11.9 Å². The summed E-state index contributed by atoms with van der Waals surface area (Å²) in [4.78, 5) is 23.6. The molecule has 1 heterocycles. The minimum Gasteiger partial charge on any atom is -0.465 e. The van der Waals surface area contributed by atoms with Crippen LogP contribution in [0.1, 0.15) is 26.3 Å². The van der Waals surface area contributed by atoms with Gasteiger partial charge in [0.1, 0.15) is 6.33 Å². The third kappa shape index (κ3) is 4.12. The van der Waals surface area contributed by atoms with E-state index in [0.717, 1.165) is 26.4 Å². The maximum Gasteiger partial charge on any atom is 0.337 e. The van der Waals surface area contributed by atoms with E-state index in [1.54, 1.807) is 25.1 Å². The summed E-state index contributed by atoms with van der Waals surface area (Å²) in [6.45, 7) is 1.69. The third-order valence-electron chi connectivity index (χ3n) is 4.20. The number of carbonyl (C=O) groups excluding carboxylic acids is 2. The fraction of sp³-hybridized carbons (Fsp3) is 0.167. The van der Waals surface area contributed by atoms with E-state index in [2.05, 4.69) is 29.7 Å². The summed E-state index contributed by atoms with van der Waals surface area (Å²) < 4.78 is 39.2. The summed E-state index contributed by atoms with van der Waals surface area (Å²) >= 11 is 0. The zero-order chi connectivity index (χ0) is 21.9. The highest BCUT2D eigenvalue weighted by Gasteiger charge is 2.22. The largest absolute Gasteiger partial charge is 0.465 e. The second kappa shape index (κ2) is 8.29. The summed E-state index contributed by atoms with van der Waals surface area (Å²) in [5.41, 5.74) is 1.18. The Morgan fingerprint density at radius 2 is 1.67 bits per heavy atom. The van der Waals surface area contributed by atoms with E-state index in [-0.39, 0.29) is 21.7 Å². The number of esters is 2. The highest BCUT2D eigenvalue weighted by Crippen LogP contribution is 2.25. The molecule has 0 spiro atoms. The van der Waals surface area contributed by atoms with Crippen LogP contribution in [0.15, 0.2) is 47.6 Å². The first kappa shape index (κ1) is 20.9. The number of carbonyl (C=O) groups is 2. The van der Waals surface area contributed by atoms with Gasteiger partial charge in [-0.05, 0) is 53.2 Å². The summed E-state index contributed by atoms with van der Waals surface area (Å²) in [5.74, 6) is -1.59. The Morgan fingerprint density at radius 3 is 2.20 bits per heavy atom. The van der Waals surface area contributed by atoms with Gasteiger partial charge in [-0.2, -0.15) is 0 Å². The van der Waals surface area contributed by atoms with Crippen molar-refractivity contribution in [1.29, 1.82) is 0 Å². The molecule has 0 saturated heterocycles. The molecular weight excluding hydrogens is 414 g/mol. The molecule has 2 aromatic carbocycles. The van der Waals surface area contributed by atoms with E-state index in [4.69, 9.17) is 0 Å². The fourth-order valence-electron chi connectivity index (χ4n) is 2.68. The normalized spacial score (nSPS) is 11.0. The lowest BCUT2D eigenvalue weighted by molar-refractivity contribution is 0.0598. The molecule has 0 atom stereocenters. The first-order valence-corrected chi connectivity index (χ1v) is 9.92. The molecule has 3 rings (SSSR count). The molecule has 156 valence electrons. The number of ether oxygens (including phenoxy) is 2. The first-order valence-electron chi connectivity index (χ1n) is 8.44. The van der Waals surface area contributed by atoms with Crippen molar-refractivity contribution < 1.29 is 27.5 Å². The molecule has 0 aliphatic heterocycles. The van der Waals surface area contributed by atoms with E-state index in [1.807, 2.05) is 0 Å². The van der Waals surface area contributed by atoms with E-state index in [1.165, 1.54) is 17.1 Å². The molecule has 0 saturated carbocycles. The number of benzene rings is 2. The summed E-state index contributed by atoms with van der Waals surface area (Å²) in [6.07, 6.45) is 1.38. The zero-order valence-corrected chi connectivity index (χ0v) is 17.0. The molecule has 0 amide bonds. The molecule has 0 unspecified atom stereocenters. The van der Waals surface area contributed by atoms with Gasteiger partial charge in [-0.15, -0.1) is 5.10 Å². The number of nitrogens with one attached hydrogen (secondary N) is 1. The lowest BCUT2D eigenvalue weighted by Crippen LogP contribution is -2.17. The molecule has 3 aromatic rings. The quantitative estimate of drug-likeness (QED) is 0.572. The molecule has 1 N–H and O–H groups in total. The van der Waals surface area contributed by atoms with Crippen LogP contribution in [0.2, 0.25) is 0 Å². The van der Waals surface area contributed by atoms with Crippen molar-refractivity contribution in [3.8, 4) is 5.69 Å². The van der Waals surface area contributed by atoms with Gasteiger partial charge in [0.25, 0.3) is 10.0 Å². The fourth-order valence-corrected chi connectivity index (χ4v) is 3.88. The van der Waals surface area contributed by atoms with Crippen LogP contribution in [0, 0.1) is 6.92 Å². The average Bonchev–Trinajstić information content (AvgIpc) is 3.28. The SMILES string of the molecule is COC(=O)c1cc(C(=O)OC)cc(S(=O)(=O)Nc2cccc(-n3cnnn3)c2C)c1. The topological polar surface area (TPSA) is 142 Å². The predicted molar refractivity (Wildman–Crippen MR) is 104 cm³/mol. The van der Waals surface area contributed by atoms with Gasteiger partial charge in [-0.25, -0.2) is 22.7 Å². The van der Waals surface area contributed by atoms with Crippen LogP contribution in [-0.4, -0.2) is 54.8 Å². The van der Waals surface area contributed by atoms with Crippen LogP contribution in [0.25, 0.3) is 5.69 Å². The molecule has 0 aliphatic carbocycles. The molecule has 0 bridgehead atoms. The monoisotopic (exact) mass is 431 g/mol. The number of aromatic nitrogens is 4. The number of anilines is 1. The Balaban J connectivity index is 2.05.